The van der Waals surface area contributed by atoms with E-state index < -0.39 is 0 Å². The highest BCUT2D eigenvalue weighted by Crippen LogP contribution is 2.17. The Balaban J connectivity index is 2.55. The Bertz CT molecular complexity index is 216. The third kappa shape index (κ3) is 2.94. The topological polar surface area (TPSA) is 32.3 Å². The second kappa shape index (κ2) is 5.50. The van der Waals surface area contributed by atoms with Crippen molar-refractivity contribution in [2.24, 2.45) is 5.92 Å². The first kappa shape index (κ1) is 12.5. The summed E-state index contributed by atoms with van der Waals surface area (Å²) in [6, 6.07) is 0.0575. The van der Waals surface area contributed by atoms with Crippen molar-refractivity contribution in [2.75, 3.05) is 6.54 Å². The van der Waals surface area contributed by atoms with Gasteiger partial charge in [0.05, 0.1) is 12.2 Å². The van der Waals surface area contributed by atoms with E-state index in [1.54, 1.807) is 0 Å². The van der Waals surface area contributed by atoms with Gasteiger partial charge in [0, 0.05) is 6.54 Å². The van der Waals surface area contributed by atoms with Crippen molar-refractivity contribution >= 4 is 5.91 Å². The van der Waals surface area contributed by atoms with Crippen molar-refractivity contribution in [1.82, 2.24) is 10.2 Å². The summed E-state index contributed by atoms with van der Waals surface area (Å²) in [7, 11) is 0. The van der Waals surface area contributed by atoms with Gasteiger partial charge in [-0.15, -0.1) is 0 Å². The summed E-state index contributed by atoms with van der Waals surface area (Å²) in [6.07, 6.45) is 3.26. The van der Waals surface area contributed by atoms with Gasteiger partial charge in [-0.2, -0.15) is 0 Å². The van der Waals surface area contributed by atoms with Gasteiger partial charge in [0.1, 0.15) is 0 Å². The average Bonchev–Trinajstić information content (AvgIpc) is 2.51. The van der Waals surface area contributed by atoms with Crippen molar-refractivity contribution in [2.45, 2.75) is 59.2 Å². The summed E-state index contributed by atoms with van der Waals surface area (Å²) in [4.78, 5) is 14.0. The van der Waals surface area contributed by atoms with E-state index in [2.05, 4.69) is 33.0 Å². The van der Waals surface area contributed by atoms with Crippen LogP contribution < -0.4 is 5.32 Å². The Kier molecular flexibility index (Phi) is 4.58. The number of carbonyl (C=O) groups excluding carboxylic acids is 1. The van der Waals surface area contributed by atoms with Crippen molar-refractivity contribution in [3.8, 4) is 0 Å². The Morgan fingerprint density at radius 3 is 2.47 bits per heavy atom. The molecule has 1 rings (SSSR count). The van der Waals surface area contributed by atoms with Crippen LogP contribution in [0.15, 0.2) is 0 Å². The minimum absolute atomic E-state index is 0.0575. The van der Waals surface area contributed by atoms with Crippen LogP contribution in [0.1, 0.15) is 47.0 Å². The molecule has 0 aromatic rings. The molecule has 1 heterocycles. The minimum Gasteiger partial charge on any atom is -0.326 e. The predicted molar refractivity (Wildman–Crippen MR) is 62.5 cm³/mol. The highest BCUT2D eigenvalue weighted by atomic mass is 16.2. The van der Waals surface area contributed by atoms with Crippen LogP contribution in [0.5, 0.6) is 0 Å². The number of hydrogen-bond donors (Lipinski definition) is 1. The molecule has 3 nitrogen and oxygen atoms in total. The lowest BCUT2D eigenvalue weighted by molar-refractivity contribution is -0.130. The molecule has 2 unspecified atom stereocenters. The molecule has 0 aliphatic carbocycles. The third-order valence-electron chi connectivity index (χ3n) is 3.09. The molecule has 1 fully saturated rings. The number of carbonyl (C=O) groups is 1. The molecule has 0 spiro atoms. The van der Waals surface area contributed by atoms with Gasteiger partial charge in [-0.05, 0) is 25.2 Å². The van der Waals surface area contributed by atoms with Gasteiger partial charge in [-0.3, -0.25) is 10.1 Å². The molecule has 2 atom stereocenters. The number of amides is 1. The van der Waals surface area contributed by atoms with Crippen LogP contribution in [0.3, 0.4) is 0 Å². The van der Waals surface area contributed by atoms with Crippen LogP contribution in [0.2, 0.25) is 0 Å². The highest BCUT2D eigenvalue weighted by Gasteiger charge is 2.36. The molecule has 3 heteroatoms. The maximum absolute atomic E-state index is 12.0. The third-order valence-corrected chi connectivity index (χ3v) is 3.09. The number of rotatable bonds is 5. The van der Waals surface area contributed by atoms with Crippen LogP contribution in [-0.4, -0.2) is 29.6 Å². The molecular weight excluding hydrogens is 188 g/mol. The first-order valence-corrected chi connectivity index (χ1v) is 6.16. The zero-order valence-electron chi connectivity index (χ0n) is 10.4. The molecule has 1 aliphatic heterocycles. The van der Waals surface area contributed by atoms with E-state index in [0.29, 0.717) is 11.8 Å². The largest absolute Gasteiger partial charge is 0.326 e. The maximum Gasteiger partial charge on any atom is 0.241 e. The Labute approximate surface area is 93.2 Å². The molecule has 0 aromatic heterocycles. The van der Waals surface area contributed by atoms with E-state index in [-0.39, 0.29) is 12.2 Å². The normalized spacial score (nSPS) is 26.7. The summed E-state index contributed by atoms with van der Waals surface area (Å²) in [6.45, 7) is 9.50. The predicted octanol–water partition coefficient (Wildman–Crippen LogP) is 1.98. The second-order valence-corrected chi connectivity index (χ2v) is 4.77. The summed E-state index contributed by atoms with van der Waals surface area (Å²) in [5.74, 6) is 0.959. The molecule has 88 valence electrons. The fraction of sp³-hybridized carbons (Fsp3) is 0.917. The lowest BCUT2D eigenvalue weighted by atomic mass is 10.1. The van der Waals surface area contributed by atoms with E-state index in [4.69, 9.17) is 0 Å². The van der Waals surface area contributed by atoms with E-state index >= 15 is 0 Å². The van der Waals surface area contributed by atoms with Gasteiger partial charge in [0.2, 0.25) is 5.91 Å². The molecule has 0 saturated carbocycles. The summed E-state index contributed by atoms with van der Waals surface area (Å²) in [5.41, 5.74) is 0. The van der Waals surface area contributed by atoms with E-state index in [0.717, 1.165) is 25.8 Å². The number of hydrogen-bond acceptors (Lipinski definition) is 2. The van der Waals surface area contributed by atoms with Crippen LogP contribution in [0, 0.1) is 5.92 Å². The average molecular weight is 212 g/mol. The van der Waals surface area contributed by atoms with Gasteiger partial charge >= 0.3 is 0 Å². The van der Waals surface area contributed by atoms with E-state index in [1.165, 1.54) is 0 Å². The molecule has 0 bridgehead atoms. The lowest BCUT2D eigenvalue weighted by Gasteiger charge is -2.23. The van der Waals surface area contributed by atoms with Crippen molar-refractivity contribution in [3.63, 3.8) is 0 Å². The fourth-order valence-electron chi connectivity index (χ4n) is 2.04. The number of nitrogens with one attached hydrogen (secondary N) is 1. The smallest absolute Gasteiger partial charge is 0.241 e. The first-order valence-electron chi connectivity index (χ1n) is 6.16. The van der Waals surface area contributed by atoms with Crippen LogP contribution in [0.4, 0.5) is 0 Å². The van der Waals surface area contributed by atoms with Gasteiger partial charge in [-0.25, -0.2) is 0 Å². The monoisotopic (exact) mass is 212 g/mol. The van der Waals surface area contributed by atoms with Crippen molar-refractivity contribution in [1.29, 1.82) is 0 Å². The number of nitrogens with zero attached hydrogens (tertiary/aromatic N) is 1. The Morgan fingerprint density at radius 1 is 1.33 bits per heavy atom. The molecule has 1 aliphatic rings. The molecule has 0 aromatic carbocycles. The molecule has 1 amide bonds. The van der Waals surface area contributed by atoms with Gasteiger partial charge in [-0.1, -0.05) is 27.7 Å². The van der Waals surface area contributed by atoms with Gasteiger partial charge < -0.3 is 4.90 Å². The summed E-state index contributed by atoms with van der Waals surface area (Å²) >= 11 is 0. The maximum atomic E-state index is 12.0. The molecular formula is C12H24N2O. The molecule has 1 N–H and O–H groups in total. The summed E-state index contributed by atoms with van der Waals surface area (Å²) in [5, 5.41) is 3.39. The van der Waals surface area contributed by atoms with Crippen molar-refractivity contribution in [3.05, 3.63) is 0 Å². The SMILES string of the molecule is CCC1NC(CC)N(CCC(C)C)C1=O. The quantitative estimate of drug-likeness (QED) is 0.755. The van der Waals surface area contributed by atoms with Crippen LogP contribution >= 0.6 is 0 Å². The standard InChI is InChI=1S/C12H24N2O/c1-5-10-12(15)14(8-7-9(3)4)11(6-2)13-10/h9-11,13H,5-8H2,1-4H3. The molecule has 0 radical (unpaired) electrons. The van der Waals surface area contributed by atoms with Gasteiger partial charge in [0.25, 0.3) is 0 Å². The Hall–Kier alpha value is -0.570. The molecule has 1 saturated heterocycles. The van der Waals surface area contributed by atoms with Crippen LogP contribution in [-0.2, 0) is 4.79 Å². The summed E-state index contributed by atoms with van der Waals surface area (Å²) < 4.78 is 0. The van der Waals surface area contributed by atoms with Crippen molar-refractivity contribution < 1.29 is 4.79 Å². The zero-order valence-corrected chi connectivity index (χ0v) is 10.4. The fourth-order valence-corrected chi connectivity index (χ4v) is 2.04. The minimum atomic E-state index is 0.0575. The van der Waals surface area contributed by atoms with E-state index in [9.17, 15) is 4.79 Å². The zero-order chi connectivity index (χ0) is 11.4. The van der Waals surface area contributed by atoms with Gasteiger partial charge in [0.15, 0.2) is 0 Å². The lowest BCUT2D eigenvalue weighted by Crippen LogP contribution is -2.37. The first-order chi connectivity index (χ1) is 7.10. The van der Waals surface area contributed by atoms with E-state index in [1.807, 2.05) is 4.90 Å². The highest BCUT2D eigenvalue weighted by molar-refractivity contribution is 5.84. The molecule has 15 heavy (non-hydrogen) atoms. The second-order valence-electron chi connectivity index (χ2n) is 4.77. The Morgan fingerprint density at radius 2 is 2.00 bits per heavy atom. The van der Waals surface area contributed by atoms with Crippen LogP contribution in [0.25, 0.3) is 0 Å².